The Morgan fingerprint density at radius 2 is 1.83 bits per heavy atom. The SMILES string of the molecule is COc1ccc2c(c1OCCO)O[C@H]1c3ccc(O[C@@H]4O[C@H](COC(=O)CC(=O)O)[C@@H](O)[C@H](O)[C@H]4O)cc3OC[C@@H]21. The molecule has 0 radical (unpaired) electrons. The second-order valence-corrected chi connectivity index (χ2v) is 9.63. The molecule has 2 aromatic carbocycles. The van der Waals surface area contributed by atoms with E-state index in [2.05, 4.69) is 0 Å². The van der Waals surface area contributed by atoms with Crippen molar-refractivity contribution in [2.24, 2.45) is 0 Å². The summed E-state index contributed by atoms with van der Waals surface area (Å²) in [6.45, 7) is -0.413. The van der Waals surface area contributed by atoms with Crippen LogP contribution < -0.4 is 23.7 Å². The summed E-state index contributed by atoms with van der Waals surface area (Å²) in [5.41, 5.74) is 1.59. The zero-order valence-electron chi connectivity index (χ0n) is 21.9. The quantitative estimate of drug-likeness (QED) is 0.185. The van der Waals surface area contributed by atoms with E-state index in [9.17, 15) is 30.0 Å². The molecule has 3 aliphatic heterocycles. The van der Waals surface area contributed by atoms with Gasteiger partial charge in [0.25, 0.3) is 0 Å². The van der Waals surface area contributed by atoms with Crippen molar-refractivity contribution in [1.82, 2.24) is 0 Å². The van der Waals surface area contributed by atoms with Crippen molar-refractivity contribution in [2.45, 2.75) is 49.1 Å². The second-order valence-electron chi connectivity index (χ2n) is 9.63. The number of carboxylic acid groups (broad SMARTS) is 1. The summed E-state index contributed by atoms with van der Waals surface area (Å²) in [5, 5.41) is 48.9. The molecule has 0 unspecified atom stereocenters. The van der Waals surface area contributed by atoms with Gasteiger partial charge in [-0.15, -0.1) is 0 Å². The number of ether oxygens (including phenoxy) is 7. The minimum absolute atomic E-state index is 0.0612. The molecule has 7 atom stereocenters. The van der Waals surface area contributed by atoms with Crippen LogP contribution in [-0.4, -0.2) is 102 Å². The average Bonchev–Trinajstić information content (AvgIpc) is 3.34. The third kappa shape index (κ3) is 5.69. The first-order valence-corrected chi connectivity index (χ1v) is 12.8. The summed E-state index contributed by atoms with van der Waals surface area (Å²) in [5.74, 6) is -0.566. The van der Waals surface area contributed by atoms with E-state index in [1.807, 2.05) is 6.07 Å². The number of aliphatic hydroxyl groups is 4. The third-order valence-electron chi connectivity index (χ3n) is 7.01. The molecule has 41 heavy (non-hydrogen) atoms. The molecule has 14 heteroatoms. The molecule has 5 N–H and O–H groups in total. The molecule has 1 fully saturated rings. The molecule has 2 aromatic rings. The number of aliphatic hydroxyl groups excluding tert-OH is 4. The van der Waals surface area contributed by atoms with Crippen molar-refractivity contribution in [3.05, 3.63) is 41.5 Å². The van der Waals surface area contributed by atoms with Gasteiger partial charge in [0.15, 0.2) is 11.5 Å². The molecule has 0 amide bonds. The molecule has 0 bridgehead atoms. The number of methoxy groups -OCH3 is 1. The molecular formula is C27H30O14. The number of benzene rings is 2. The van der Waals surface area contributed by atoms with E-state index >= 15 is 0 Å². The molecule has 5 rings (SSSR count). The van der Waals surface area contributed by atoms with E-state index in [4.69, 9.17) is 38.3 Å². The van der Waals surface area contributed by atoms with Gasteiger partial charge in [-0.3, -0.25) is 9.59 Å². The van der Waals surface area contributed by atoms with E-state index in [-0.39, 0.29) is 31.5 Å². The van der Waals surface area contributed by atoms with Gasteiger partial charge in [-0.05, 0) is 18.2 Å². The number of hydrogen-bond donors (Lipinski definition) is 5. The summed E-state index contributed by atoms with van der Waals surface area (Å²) in [6.07, 6.45) is -9.04. The van der Waals surface area contributed by atoms with Gasteiger partial charge < -0.3 is 58.7 Å². The molecule has 1 saturated heterocycles. The lowest BCUT2D eigenvalue weighted by atomic mass is 9.89. The van der Waals surface area contributed by atoms with Crippen molar-refractivity contribution in [3.8, 4) is 28.7 Å². The number of hydrogen-bond acceptors (Lipinski definition) is 13. The van der Waals surface area contributed by atoms with E-state index in [0.717, 1.165) is 11.1 Å². The minimum Gasteiger partial charge on any atom is -0.493 e. The number of esters is 1. The number of carbonyl (C=O) groups is 2. The number of aliphatic carboxylic acids is 1. The summed E-state index contributed by atoms with van der Waals surface area (Å²) < 4.78 is 39.6. The summed E-state index contributed by atoms with van der Waals surface area (Å²) in [4.78, 5) is 22.2. The van der Waals surface area contributed by atoms with Gasteiger partial charge in [-0.25, -0.2) is 0 Å². The maximum Gasteiger partial charge on any atom is 0.317 e. The van der Waals surface area contributed by atoms with Gasteiger partial charge >= 0.3 is 11.9 Å². The first-order valence-electron chi connectivity index (χ1n) is 12.8. The Morgan fingerprint density at radius 1 is 1.05 bits per heavy atom. The molecule has 3 heterocycles. The minimum atomic E-state index is -1.70. The summed E-state index contributed by atoms with van der Waals surface area (Å²) in [7, 11) is 1.51. The molecule has 222 valence electrons. The number of rotatable bonds is 10. The Bertz CT molecular complexity index is 1280. The van der Waals surface area contributed by atoms with Gasteiger partial charge in [-0.1, -0.05) is 6.07 Å². The van der Waals surface area contributed by atoms with Crippen LogP contribution in [0.5, 0.6) is 28.7 Å². The van der Waals surface area contributed by atoms with Gasteiger partial charge in [-0.2, -0.15) is 0 Å². The molecular weight excluding hydrogens is 548 g/mol. The fourth-order valence-electron chi connectivity index (χ4n) is 5.01. The fraction of sp³-hybridized carbons (Fsp3) is 0.481. The van der Waals surface area contributed by atoms with Crippen LogP contribution in [0.25, 0.3) is 0 Å². The maximum atomic E-state index is 11.6. The van der Waals surface area contributed by atoms with E-state index in [1.165, 1.54) is 7.11 Å². The van der Waals surface area contributed by atoms with Crippen molar-refractivity contribution in [2.75, 3.05) is 33.5 Å². The highest BCUT2D eigenvalue weighted by atomic mass is 16.7. The predicted molar refractivity (Wildman–Crippen MR) is 134 cm³/mol. The summed E-state index contributed by atoms with van der Waals surface area (Å²) >= 11 is 0. The van der Waals surface area contributed by atoms with E-state index in [0.29, 0.717) is 23.0 Å². The van der Waals surface area contributed by atoms with Crippen molar-refractivity contribution in [1.29, 1.82) is 0 Å². The number of fused-ring (bicyclic) bond motifs is 5. The molecule has 14 nitrogen and oxygen atoms in total. The van der Waals surface area contributed by atoms with Crippen molar-refractivity contribution in [3.63, 3.8) is 0 Å². The lowest BCUT2D eigenvalue weighted by Gasteiger charge is -2.40. The Balaban J connectivity index is 1.30. The molecule has 0 spiro atoms. The Morgan fingerprint density at radius 3 is 2.56 bits per heavy atom. The molecule has 0 aromatic heterocycles. The van der Waals surface area contributed by atoms with Crippen LogP contribution >= 0.6 is 0 Å². The van der Waals surface area contributed by atoms with E-state index in [1.54, 1.807) is 24.3 Å². The van der Waals surface area contributed by atoms with Crippen LogP contribution in [0.1, 0.15) is 29.6 Å². The predicted octanol–water partition coefficient (Wildman–Crippen LogP) is -0.120. The van der Waals surface area contributed by atoms with Gasteiger partial charge in [0.05, 0.1) is 26.2 Å². The van der Waals surface area contributed by atoms with Crippen LogP contribution in [0.2, 0.25) is 0 Å². The number of carboxylic acids is 1. The average molecular weight is 579 g/mol. The highest BCUT2D eigenvalue weighted by Gasteiger charge is 2.46. The van der Waals surface area contributed by atoms with Crippen molar-refractivity contribution < 1.29 is 68.3 Å². The van der Waals surface area contributed by atoms with Gasteiger partial charge in [0.2, 0.25) is 12.0 Å². The first kappa shape index (κ1) is 28.7. The highest BCUT2D eigenvalue weighted by molar-refractivity contribution is 5.90. The maximum absolute atomic E-state index is 11.6. The van der Waals surface area contributed by atoms with Crippen LogP contribution in [-0.2, 0) is 19.1 Å². The second kappa shape index (κ2) is 12.0. The molecule has 0 saturated carbocycles. The molecule has 3 aliphatic rings. The van der Waals surface area contributed by atoms with E-state index < -0.39 is 61.8 Å². The smallest absolute Gasteiger partial charge is 0.317 e. The Hall–Kier alpha value is -3.82. The van der Waals surface area contributed by atoms with Crippen molar-refractivity contribution >= 4 is 11.9 Å². The van der Waals surface area contributed by atoms with Crippen LogP contribution in [0.4, 0.5) is 0 Å². The topological polar surface area (TPSA) is 200 Å². The summed E-state index contributed by atoms with van der Waals surface area (Å²) in [6, 6.07) is 8.54. The van der Waals surface area contributed by atoms with Crippen LogP contribution in [0.15, 0.2) is 30.3 Å². The molecule has 0 aliphatic carbocycles. The standard InChI is InChI=1S/C27H30O14/c1-35-16-5-4-13-15-10-37-17-8-12(2-3-14(17)24(15)41-25(13)26(16)36-7-6-28)39-27-23(34)22(33)21(32)18(40-27)11-38-20(31)9-19(29)30/h2-5,8,15,18,21-24,27-28,32-34H,6-7,9-11H2,1H3,(H,29,30)/t15-,18+,21+,22-,23+,24-,27+/m0/s1. The highest BCUT2D eigenvalue weighted by Crippen LogP contribution is 2.56. The largest absolute Gasteiger partial charge is 0.493 e. The van der Waals surface area contributed by atoms with Crippen LogP contribution in [0, 0.1) is 0 Å². The lowest BCUT2D eigenvalue weighted by molar-refractivity contribution is -0.278. The lowest BCUT2D eigenvalue weighted by Crippen LogP contribution is -2.60. The Kier molecular flexibility index (Phi) is 8.37. The normalized spacial score (nSPS) is 27.8. The van der Waals surface area contributed by atoms with Crippen LogP contribution in [0.3, 0.4) is 0 Å². The zero-order valence-corrected chi connectivity index (χ0v) is 21.9. The number of carbonyl (C=O) groups excluding carboxylic acids is 1. The third-order valence-corrected chi connectivity index (χ3v) is 7.01. The fourth-order valence-corrected chi connectivity index (χ4v) is 5.01. The monoisotopic (exact) mass is 578 g/mol. The first-order chi connectivity index (χ1) is 19.7. The van der Waals surface area contributed by atoms with Gasteiger partial charge in [0.1, 0.15) is 61.7 Å². The zero-order chi connectivity index (χ0) is 29.3. The van der Waals surface area contributed by atoms with Gasteiger partial charge in [0, 0.05) is 17.2 Å². The Labute approximate surface area is 233 Å².